The van der Waals surface area contributed by atoms with Gasteiger partial charge in [0, 0.05) is 0 Å². The number of nitrogens with one attached hydrogen (secondary N) is 2. The third-order valence-electron chi connectivity index (χ3n) is 2.60. The van der Waals surface area contributed by atoms with Crippen molar-refractivity contribution in [3.8, 4) is 0 Å². The molecule has 3 amide bonds. The molecule has 1 aliphatic rings. The summed E-state index contributed by atoms with van der Waals surface area (Å²) in [6, 6.07) is 8.06. The van der Waals surface area contributed by atoms with Gasteiger partial charge in [-0.1, -0.05) is 30.3 Å². The maximum Gasteiger partial charge on any atom is 0.408 e. The van der Waals surface area contributed by atoms with Gasteiger partial charge in [-0.25, -0.2) is 9.59 Å². The molecule has 1 saturated heterocycles. The van der Waals surface area contributed by atoms with E-state index >= 15 is 0 Å². The van der Waals surface area contributed by atoms with Crippen molar-refractivity contribution in [2.45, 2.75) is 18.9 Å². The fraction of sp³-hybridized carbons (Fsp3) is 0.250. The van der Waals surface area contributed by atoms with E-state index in [9.17, 15) is 14.4 Å². The van der Waals surface area contributed by atoms with E-state index in [-0.39, 0.29) is 6.61 Å². The average molecular weight is 279 g/mol. The average Bonchev–Trinajstić information content (AvgIpc) is 2.43. The lowest BCUT2D eigenvalue weighted by Gasteiger charge is -2.34. The van der Waals surface area contributed by atoms with Crippen LogP contribution >= 0.6 is 0 Å². The van der Waals surface area contributed by atoms with Gasteiger partial charge in [-0.3, -0.25) is 4.79 Å². The lowest BCUT2D eigenvalue weighted by molar-refractivity contribution is -0.140. The van der Waals surface area contributed by atoms with Crippen LogP contribution in [0.3, 0.4) is 0 Å². The van der Waals surface area contributed by atoms with Gasteiger partial charge in [-0.2, -0.15) is 0 Å². The van der Waals surface area contributed by atoms with Crippen molar-refractivity contribution < 1.29 is 23.9 Å². The summed E-state index contributed by atoms with van der Waals surface area (Å²) in [5.41, 5.74) is 5.63. The summed E-state index contributed by atoms with van der Waals surface area (Å²) in [6.45, 7) is 0.0718. The van der Waals surface area contributed by atoms with Crippen molar-refractivity contribution in [2.75, 3.05) is 0 Å². The molecule has 4 N–H and O–H groups in total. The zero-order valence-electron chi connectivity index (χ0n) is 10.4. The lowest BCUT2D eigenvalue weighted by Crippen LogP contribution is -2.70. The molecule has 0 radical (unpaired) electrons. The van der Waals surface area contributed by atoms with E-state index in [1.165, 1.54) is 0 Å². The number of rotatable bonds is 4. The molecule has 2 unspecified atom stereocenters. The van der Waals surface area contributed by atoms with Crippen LogP contribution in [0, 0.1) is 0 Å². The minimum absolute atomic E-state index is 0.0718. The van der Waals surface area contributed by atoms with Gasteiger partial charge in [-0.05, 0) is 5.56 Å². The minimum Gasteiger partial charge on any atom is -0.445 e. The predicted molar refractivity (Wildman–Crippen MR) is 66.1 cm³/mol. The number of amides is 3. The molecule has 0 aliphatic carbocycles. The molecule has 0 spiro atoms. The molecule has 20 heavy (non-hydrogen) atoms. The molecule has 0 bridgehead atoms. The molecule has 106 valence electrons. The number of carbonyl (C=O) groups excluding carboxylic acids is 3. The first-order chi connectivity index (χ1) is 9.56. The zero-order valence-corrected chi connectivity index (χ0v) is 10.4. The minimum atomic E-state index is -1.04. The summed E-state index contributed by atoms with van der Waals surface area (Å²) in [5, 5.41) is 4.56. The Morgan fingerprint density at radius 2 is 2.00 bits per heavy atom. The summed E-state index contributed by atoms with van der Waals surface area (Å²) in [4.78, 5) is 33.3. The van der Waals surface area contributed by atoms with Gasteiger partial charge in [0.25, 0.3) is 5.91 Å². The second-order valence-electron chi connectivity index (χ2n) is 4.05. The Balaban J connectivity index is 1.79. The van der Waals surface area contributed by atoms with Gasteiger partial charge in [0.1, 0.15) is 6.61 Å². The number of carbonyl (C=O) groups is 3. The van der Waals surface area contributed by atoms with Crippen LogP contribution in [0.15, 0.2) is 30.3 Å². The number of β-lactam (4-membered cyclic amide) rings is 1. The number of nitrogens with two attached hydrogens (primary N) is 1. The quantitative estimate of drug-likeness (QED) is 0.661. The van der Waals surface area contributed by atoms with Crippen LogP contribution in [-0.2, 0) is 20.9 Å². The zero-order chi connectivity index (χ0) is 14.5. The topological polar surface area (TPSA) is 120 Å². The van der Waals surface area contributed by atoms with Gasteiger partial charge in [0.15, 0.2) is 6.04 Å². The fourth-order valence-corrected chi connectivity index (χ4v) is 1.61. The highest BCUT2D eigenvalue weighted by Crippen LogP contribution is 2.08. The van der Waals surface area contributed by atoms with Crippen molar-refractivity contribution in [2.24, 2.45) is 5.73 Å². The van der Waals surface area contributed by atoms with E-state index in [1.807, 2.05) is 18.2 Å². The number of primary amides is 1. The highest BCUT2D eigenvalue weighted by Gasteiger charge is 2.43. The Bertz CT molecular complexity index is 519. The first-order valence-corrected chi connectivity index (χ1v) is 5.80. The molecule has 0 aromatic heterocycles. The number of benzene rings is 1. The smallest absolute Gasteiger partial charge is 0.408 e. The number of ether oxygens (including phenoxy) is 2. The van der Waals surface area contributed by atoms with Crippen LogP contribution in [0.2, 0.25) is 0 Å². The van der Waals surface area contributed by atoms with E-state index in [4.69, 9.17) is 10.5 Å². The highest BCUT2D eigenvalue weighted by molar-refractivity contribution is 5.92. The normalized spacial score (nSPS) is 20.3. The molecule has 8 heteroatoms. The van der Waals surface area contributed by atoms with Crippen LogP contribution in [0.1, 0.15) is 5.56 Å². The van der Waals surface area contributed by atoms with Crippen molar-refractivity contribution >= 4 is 18.1 Å². The third-order valence-corrected chi connectivity index (χ3v) is 2.60. The van der Waals surface area contributed by atoms with Crippen LogP contribution in [0.5, 0.6) is 0 Å². The van der Waals surface area contributed by atoms with Gasteiger partial charge in [-0.15, -0.1) is 0 Å². The van der Waals surface area contributed by atoms with Crippen molar-refractivity contribution in [3.63, 3.8) is 0 Å². The fourth-order valence-electron chi connectivity index (χ4n) is 1.61. The Morgan fingerprint density at radius 1 is 1.30 bits per heavy atom. The largest absolute Gasteiger partial charge is 0.445 e. The Kier molecular flexibility index (Phi) is 4.04. The summed E-state index contributed by atoms with van der Waals surface area (Å²) < 4.78 is 9.50. The van der Waals surface area contributed by atoms with Gasteiger partial charge in [0.05, 0.1) is 0 Å². The first kappa shape index (κ1) is 13.7. The molecule has 1 fully saturated rings. The standard InChI is InChI=1S/C12H13N3O5/c13-11(17)20-10-8(9(16)15-10)14-12(18)19-6-7-4-2-1-3-5-7/h1-5,8,10H,6H2,(H2,13,17)(H,14,18)(H,15,16). The van der Waals surface area contributed by atoms with Crippen molar-refractivity contribution in [1.82, 2.24) is 10.6 Å². The van der Waals surface area contributed by atoms with Gasteiger partial charge in [0.2, 0.25) is 6.23 Å². The predicted octanol–water partition coefficient (Wildman–Crippen LogP) is -0.167. The molecule has 8 nitrogen and oxygen atoms in total. The Hall–Kier alpha value is -2.77. The van der Waals surface area contributed by atoms with Crippen LogP contribution < -0.4 is 16.4 Å². The molecule has 2 rings (SSSR count). The summed E-state index contributed by atoms with van der Waals surface area (Å²) in [7, 11) is 0. The second-order valence-corrected chi connectivity index (χ2v) is 4.05. The maximum atomic E-state index is 11.5. The second kappa shape index (κ2) is 5.91. The molecule has 1 aromatic rings. The van der Waals surface area contributed by atoms with E-state index in [2.05, 4.69) is 15.4 Å². The molecular weight excluding hydrogens is 266 g/mol. The van der Waals surface area contributed by atoms with Gasteiger partial charge < -0.3 is 25.8 Å². The monoisotopic (exact) mass is 279 g/mol. The Morgan fingerprint density at radius 3 is 2.60 bits per heavy atom. The highest BCUT2D eigenvalue weighted by atomic mass is 16.6. The number of hydrogen-bond acceptors (Lipinski definition) is 5. The molecule has 2 atom stereocenters. The Labute approximate surface area is 114 Å². The van der Waals surface area contributed by atoms with E-state index in [1.54, 1.807) is 12.1 Å². The molecule has 1 aromatic carbocycles. The molecule has 1 aliphatic heterocycles. The van der Waals surface area contributed by atoms with E-state index in [0.717, 1.165) is 5.56 Å². The third kappa shape index (κ3) is 3.37. The molecule has 0 saturated carbocycles. The summed E-state index contributed by atoms with van der Waals surface area (Å²) in [5.74, 6) is -0.479. The molecular formula is C12H13N3O5. The summed E-state index contributed by atoms with van der Waals surface area (Å²) >= 11 is 0. The van der Waals surface area contributed by atoms with Crippen molar-refractivity contribution in [3.05, 3.63) is 35.9 Å². The lowest BCUT2D eigenvalue weighted by atomic mass is 10.1. The number of hydrogen-bond donors (Lipinski definition) is 3. The van der Waals surface area contributed by atoms with Crippen LogP contribution in [0.4, 0.5) is 9.59 Å². The van der Waals surface area contributed by atoms with E-state index in [0.29, 0.717) is 0 Å². The number of alkyl carbamates (subject to hydrolysis) is 1. The SMILES string of the molecule is NC(=O)OC1NC(=O)C1NC(=O)OCc1ccccc1. The summed E-state index contributed by atoms with van der Waals surface area (Å²) in [6.07, 6.45) is -2.80. The maximum absolute atomic E-state index is 11.5. The first-order valence-electron chi connectivity index (χ1n) is 5.80. The van der Waals surface area contributed by atoms with Crippen molar-refractivity contribution in [1.29, 1.82) is 0 Å². The van der Waals surface area contributed by atoms with E-state index < -0.39 is 30.4 Å². The van der Waals surface area contributed by atoms with Crippen LogP contribution in [0.25, 0.3) is 0 Å². The van der Waals surface area contributed by atoms with Crippen LogP contribution in [-0.4, -0.2) is 30.4 Å². The van der Waals surface area contributed by atoms with Gasteiger partial charge >= 0.3 is 12.2 Å². The molecule has 1 heterocycles.